The molecule has 17 heavy (non-hydrogen) atoms. The Kier molecular flexibility index (Phi) is 6.77. The lowest BCUT2D eigenvalue weighted by Crippen LogP contribution is -2.41. The highest BCUT2D eigenvalue weighted by atomic mass is 16.5. The van der Waals surface area contributed by atoms with Crippen LogP contribution in [0.3, 0.4) is 0 Å². The van der Waals surface area contributed by atoms with E-state index in [0.29, 0.717) is 6.04 Å². The van der Waals surface area contributed by atoms with Crippen LogP contribution < -0.4 is 5.32 Å². The van der Waals surface area contributed by atoms with Crippen LogP contribution in [0.5, 0.6) is 0 Å². The SMILES string of the molecule is CNC(COC)CN(C)CCc1ccncc1. The fourth-order valence-electron chi connectivity index (χ4n) is 1.77. The van der Waals surface area contributed by atoms with Crippen LogP contribution in [-0.4, -0.2) is 56.8 Å². The van der Waals surface area contributed by atoms with Crippen LogP contribution >= 0.6 is 0 Å². The number of nitrogens with one attached hydrogen (secondary N) is 1. The second-order valence-electron chi connectivity index (χ2n) is 4.31. The Labute approximate surface area is 104 Å². The Bertz CT molecular complexity index is 292. The van der Waals surface area contributed by atoms with Crippen LogP contribution in [0.15, 0.2) is 24.5 Å². The Morgan fingerprint density at radius 2 is 2.12 bits per heavy atom. The molecule has 0 saturated carbocycles. The highest BCUT2D eigenvalue weighted by molar-refractivity contribution is 5.09. The predicted molar refractivity (Wildman–Crippen MR) is 70.2 cm³/mol. The largest absolute Gasteiger partial charge is 0.383 e. The number of ether oxygens (including phenoxy) is 1. The number of methoxy groups -OCH3 is 1. The summed E-state index contributed by atoms with van der Waals surface area (Å²) in [6.45, 7) is 2.79. The van der Waals surface area contributed by atoms with Gasteiger partial charge in [-0.1, -0.05) is 0 Å². The molecule has 0 aliphatic carbocycles. The van der Waals surface area contributed by atoms with Crippen molar-refractivity contribution in [1.82, 2.24) is 15.2 Å². The number of pyridine rings is 1. The maximum absolute atomic E-state index is 5.16. The molecule has 0 spiro atoms. The van der Waals surface area contributed by atoms with Crippen molar-refractivity contribution < 1.29 is 4.74 Å². The maximum Gasteiger partial charge on any atom is 0.0628 e. The number of hydrogen-bond donors (Lipinski definition) is 1. The zero-order valence-corrected chi connectivity index (χ0v) is 11.0. The van der Waals surface area contributed by atoms with Crippen LogP contribution in [0.2, 0.25) is 0 Å². The number of nitrogens with zero attached hydrogens (tertiary/aromatic N) is 2. The fourth-order valence-corrected chi connectivity index (χ4v) is 1.77. The molecule has 1 unspecified atom stereocenters. The highest BCUT2D eigenvalue weighted by Crippen LogP contribution is 1.99. The van der Waals surface area contributed by atoms with E-state index in [9.17, 15) is 0 Å². The van der Waals surface area contributed by atoms with Gasteiger partial charge in [0.1, 0.15) is 0 Å². The fraction of sp³-hybridized carbons (Fsp3) is 0.615. The molecule has 1 heterocycles. The smallest absolute Gasteiger partial charge is 0.0628 e. The topological polar surface area (TPSA) is 37.4 Å². The molecule has 0 amide bonds. The Balaban J connectivity index is 2.27. The minimum Gasteiger partial charge on any atom is -0.383 e. The average Bonchev–Trinajstić information content (AvgIpc) is 2.37. The van der Waals surface area contributed by atoms with Crippen molar-refractivity contribution in [2.45, 2.75) is 12.5 Å². The van der Waals surface area contributed by atoms with Crippen LogP contribution in [0, 0.1) is 0 Å². The van der Waals surface area contributed by atoms with Crippen molar-refractivity contribution in [3.63, 3.8) is 0 Å². The normalized spacial score (nSPS) is 12.9. The van der Waals surface area contributed by atoms with E-state index in [4.69, 9.17) is 4.74 Å². The van der Waals surface area contributed by atoms with Crippen LogP contribution in [-0.2, 0) is 11.2 Å². The first kappa shape index (κ1) is 14.1. The van der Waals surface area contributed by atoms with Crippen molar-refractivity contribution in [3.05, 3.63) is 30.1 Å². The lowest BCUT2D eigenvalue weighted by molar-refractivity contribution is 0.149. The Morgan fingerprint density at radius 1 is 1.41 bits per heavy atom. The summed E-state index contributed by atoms with van der Waals surface area (Å²) in [6.07, 6.45) is 4.75. The minimum atomic E-state index is 0.391. The number of likely N-dealkylation sites (N-methyl/N-ethyl adjacent to an activating group) is 2. The molecule has 1 aromatic rings. The lowest BCUT2D eigenvalue weighted by atomic mass is 10.2. The van der Waals surface area contributed by atoms with Gasteiger partial charge in [0.15, 0.2) is 0 Å². The maximum atomic E-state index is 5.16. The standard InChI is InChI=1S/C13H23N3O/c1-14-13(11-17-3)10-16(2)9-6-12-4-7-15-8-5-12/h4-5,7-8,13-14H,6,9-11H2,1-3H3. The van der Waals surface area contributed by atoms with Crippen molar-refractivity contribution >= 4 is 0 Å². The van der Waals surface area contributed by atoms with Crippen LogP contribution in [0.1, 0.15) is 5.56 Å². The molecule has 0 radical (unpaired) electrons. The third-order valence-electron chi connectivity index (χ3n) is 2.84. The van der Waals surface area contributed by atoms with Gasteiger partial charge in [-0.2, -0.15) is 0 Å². The van der Waals surface area contributed by atoms with Gasteiger partial charge in [-0.3, -0.25) is 4.98 Å². The molecule has 0 bridgehead atoms. The molecule has 0 aromatic carbocycles. The molecule has 4 heteroatoms. The average molecular weight is 237 g/mol. The zero-order valence-electron chi connectivity index (χ0n) is 11.0. The number of rotatable bonds is 8. The van der Waals surface area contributed by atoms with E-state index >= 15 is 0 Å². The van der Waals surface area contributed by atoms with E-state index in [2.05, 4.69) is 34.4 Å². The van der Waals surface area contributed by atoms with Gasteiger partial charge < -0.3 is 15.0 Å². The van der Waals surface area contributed by atoms with Crippen molar-refractivity contribution in [2.24, 2.45) is 0 Å². The third-order valence-corrected chi connectivity index (χ3v) is 2.84. The van der Waals surface area contributed by atoms with Gasteiger partial charge in [0.05, 0.1) is 6.61 Å². The van der Waals surface area contributed by atoms with E-state index in [1.807, 2.05) is 19.4 Å². The molecule has 0 fully saturated rings. The van der Waals surface area contributed by atoms with Gasteiger partial charge >= 0.3 is 0 Å². The predicted octanol–water partition coefficient (Wildman–Crippen LogP) is 0.790. The van der Waals surface area contributed by atoms with Gasteiger partial charge in [-0.05, 0) is 38.2 Å². The van der Waals surface area contributed by atoms with E-state index in [1.165, 1.54) is 5.56 Å². The second-order valence-corrected chi connectivity index (χ2v) is 4.31. The van der Waals surface area contributed by atoms with E-state index in [0.717, 1.165) is 26.1 Å². The van der Waals surface area contributed by atoms with Crippen molar-refractivity contribution in [1.29, 1.82) is 0 Å². The summed E-state index contributed by atoms with van der Waals surface area (Å²) in [5.41, 5.74) is 1.33. The molecule has 4 nitrogen and oxygen atoms in total. The lowest BCUT2D eigenvalue weighted by Gasteiger charge is -2.23. The Hall–Kier alpha value is -0.970. The number of hydrogen-bond acceptors (Lipinski definition) is 4. The summed E-state index contributed by atoms with van der Waals surface area (Å²) in [5, 5.41) is 3.26. The molecule has 1 aromatic heterocycles. The van der Waals surface area contributed by atoms with Crippen molar-refractivity contribution in [2.75, 3.05) is 40.9 Å². The molecule has 1 atom stereocenters. The van der Waals surface area contributed by atoms with E-state index < -0.39 is 0 Å². The number of aromatic nitrogens is 1. The third kappa shape index (κ3) is 5.77. The molecule has 0 aliphatic rings. The molecule has 96 valence electrons. The molecule has 0 aliphatic heterocycles. The summed E-state index contributed by atoms with van der Waals surface area (Å²) in [6, 6.07) is 4.53. The first-order valence-corrected chi connectivity index (χ1v) is 6.00. The summed E-state index contributed by atoms with van der Waals surface area (Å²) in [7, 11) is 5.85. The summed E-state index contributed by atoms with van der Waals surface area (Å²) >= 11 is 0. The van der Waals surface area contributed by atoms with Gasteiger partial charge in [0, 0.05) is 38.6 Å². The van der Waals surface area contributed by atoms with Gasteiger partial charge in [-0.15, -0.1) is 0 Å². The second kappa shape index (κ2) is 8.17. The highest BCUT2D eigenvalue weighted by Gasteiger charge is 2.08. The minimum absolute atomic E-state index is 0.391. The first-order chi connectivity index (χ1) is 8.26. The summed E-state index contributed by atoms with van der Waals surface area (Å²) < 4.78 is 5.16. The quantitative estimate of drug-likeness (QED) is 0.725. The molecule has 1 N–H and O–H groups in total. The van der Waals surface area contributed by atoms with Gasteiger partial charge in [0.25, 0.3) is 0 Å². The molecule has 1 rings (SSSR count). The van der Waals surface area contributed by atoms with Gasteiger partial charge in [0.2, 0.25) is 0 Å². The van der Waals surface area contributed by atoms with Crippen LogP contribution in [0.25, 0.3) is 0 Å². The molecular weight excluding hydrogens is 214 g/mol. The zero-order chi connectivity index (χ0) is 12.5. The van der Waals surface area contributed by atoms with Gasteiger partial charge in [-0.25, -0.2) is 0 Å². The molecule has 0 saturated heterocycles. The van der Waals surface area contributed by atoms with Crippen LogP contribution in [0.4, 0.5) is 0 Å². The van der Waals surface area contributed by atoms with E-state index in [1.54, 1.807) is 7.11 Å². The van der Waals surface area contributed by atoms with Crippen molar-refractivity contribution in [3.8, 4) is 0 Å². The van der Waals surface area contributed by atoms with E-state index in [-0.39, 0.29) is 0 Å². The summed E-state index contributed by atoms with van der Waals surface area (Å²) in [4.78, 5) is 6.34. The summed E-state index contributed by atoms with van der Waals surface area (Å²) in [5.74, 6) is 0. The molecular formula is C13H23N3O. The first-order valence-electron chi connectivity index (χ1n) is 6.00. The monoisotopic (exact) mass is 237 g/mol. The Morgan fingerprint density at radius 3 is 2.71 bits per heavy atom.